The minimum atomic E-state index is -0.273. The summed E-state index contributed by atoms with van der Waals surface area (Å²) in [5.74, 6) is 0.248. The second kappa shape index (κ2) is 3.90. The highest BCUT2D eigenvalue weighted by molar-refractivity contribution is 6.02. The van der Waals surface area contributed by atoms with E-state index >= 15 is 0 Å². The minimum absolute atomic E-state index is 0.235. The lowest BCUT2D eigenvalue weighted by molar-refractivity contribution is -0.144. The van der Waals surface area contributed by atoms with E-state index in [-0.39, 0.29) is 11.9 Å². The molecule has 0 heterocycles. The van der Waals surface area contributed by atoms with Gasteiger partial charge in [0.1, 0.15) is 0 Å². The van der Waals surface area contributed by atoms with Gasteiger partial charge in [0.15, 0.2) is 0 Å². The maximum Gasteiger partial charge on any atom is 0.314 e. The van der Waals surface area contributed by atoms with Crippen LogP contribution in [0.25, 0.3) is 0 Å². The van der Waals surface area contributed by atoms with Crippen molar-refractivity contribution in [1.29, 1.82) is 5.41 Å². The predicted molar refractivity (Wildman–Crippen MR) is 50.8 cm³/mol. The average molecular weight is 183 g/mol. The number of esters is 1. The van der Waals surface area contributed by atoms with Crippen molar-refractivity contribution < 1.29 is 9.53 Å². The summed E-state index contributed by atoms with van der Waals surface area (Å²) < 4.78 is 4.71. The Bertz CT molecular complexity index is 223. The molecule has 0 bridgehead atoms. The summed E-state index contributed by atoms with van der Waals surface area (Å²) in [4.78, 5) is 11.4. The van der Waals surface area contributed by atoms with Crippen LogP contribution in [0, 0.1) is 23.2 Å². The summed E-state index contributed by atoms with van der Waals surface area (Å²) in [6.45, 7) is 4.19. The zero-order chi connectivity index (χ0) is 10.0. The van der Waals surface area contributed by atoms with Gasteiger partial charge < -0.3 is 10.1 Å². The molecule has 0 saturated heterocycles. The number of carbonyl (C=O) groups is 1. The molecule has 3 nitrogen and oxygen atoms in total. The smallest absolute Gasteiger partial charge is 0.314 e. The highest BCUT2D eigenvalue weighted by Crippen LogP contribution is 2.35. The molecule has 1 saturated carbocycles. The largest absolute Gasteiger partial charge is 0.469 e. The number of hydrogen-bond acceptors (Lipinski definition) is 3. The van der Waals surface area contributed by atoms with Crippen LogP contribution in [-0.4, -0.2) is 18.8 Å². The molecule has 0 amide bonds. The van der Waals surface area contributed by atoms with Crippen molar-refractivity contribution in [3.05, 3.63) is 0 Å². The number of hydrogen-bond donors (Lipinski definition) is 1. The molecule has 3 heteroatoms. The first-order chi connectivity index (χ1) is 6.07. The fourth-order valence-corrected chi connectivity index (χ4v) is 2.07. The summed E-state index contributed by atoms with van der Waals surface area (Å²) in [6, 6.07) is 0. The molecule has 0 aliphatic heterocycles. The molecular weight excluding hydrogens is 166 g/mol. The van der Waals surface area contributed by atoms with Gasteiger partial charge in [-0.25, -0.2) is 0 Å². The van der Waals surface area contributed by atoms with Gasteiger partial charge in [-0.2, -0.15) is 0 Å². The van der Waals surface area contributed by atoms with E-state index in [1.807, 2.05) is 0 Å². The Kier molecular flexibility index (Phi) is 3.07. The van der Waals surface area contributed by atoms with Gasteiger partial charge in [0.2, 0.25) is 0 Å². The van der Waals surface area contributed by atoms with E-state index in [1.165, 1.54) is 7.11 Å². The lowest BCUT2D eigenvalue weighted by Gasteiger charge is -2.20. The number of methoxy groups -OCH3 is 1. The molecule has 1 N–H and O–H groups in total. The third kappa shape index (κ3) is 1.90. The predicted octanol–water partition coefficient (Wildman–Crippen LogP) is 1.86. The van der Waals surface area contributed by atoms with E-state index in [2.05, 4.69) is 13.8 Å². The summed E-state index contributed by atoms with van der Waals surface area (Å²) in [7, 11) is 1.39. The molecule has 1 aliphatic rings. The fourth-order valence-electron chi connectivity index (χ4n) is 2.07. The van der Waals surface area contributed by atoms with Gasteiger partial charge in [-0.3, -0.25) is 4.79 Å². The van der Waals surface area contributed by atoms with Gasteiger partial charge in [-0.1, -0.05) is 13.8 Å². The number of rotatable bonds is 2. The van der Waals surface area contributed by atoms with Gasteiger partial charge in [-0.05, 0) is 24.7 Å². The zero-order valence-electron chi connectivity index (χ0n) is 8.46. The summed E-state index contributed by atoms with van der Waals surface area (Å²) in [6.07, 6.45) is 1.71. The van der Waals surface area contributed by atoms with Crippen LogP contribution in [-0.2, 0) is 9.53 Å². The van der Waals surface area contributed by atoms with Crippen LogP contribution >= 0.6 is 0 Å². The summed E-state index contributed by atoms with van der Waals surface area (Å²) in [5.41, 5.74) is 0.547. The van der Waals surface area contributed by atoms with E-state index in [4.69, 9.17) is 10.1 Å². The molecule has 0 aromatic rings. The maximum atomic E-state index is 11.4. The molecule has 13 heavy (non-hydrogen) atoms. The zero-order valence-corrected chi connectivity index (χ0v) is 8.46. The fraction of sp³-hybridized carbons (Fsp3) is 0.800. The van der Waals surface area contributed by atoms with Crippen molar-refractivity contribution in [3.8, 4) is 0 Å². The third-order valence-electron chi connectivity index (χ3n) is 2.86. The van der Waals surface area contributed by atoms with Crippen LogP contribution in [0.15, 0.2) is 0 Å². The summed E-state index contributed by atoms with van der Waals surface area (Å²) >= 11 is 0. The molecule has 74 valence electrons. The lowest BCUT2D eigenvalue weighted by Crippen LogP contribution is -2.28. The third-order valence-corrected chi connectivity index (χ3v) is 2.86. The Morgan fingerprint density at radius 2 is 2.23 bits per heavy atom. The Morgan fingerprint density at radius 1 is 1.62 bits per heavy atom. The van der Waals surface area contributed by atoms with Crippen molar-refractivity contribution in [1.82, 2.24) is 0 Å². The minimum Gasteiger partial charge on any atom is -0.469 e. The van der Waals surface area contributed by atoms with E-state index < -0.39 is 0 Å². The monoisotopic (exact) mass is 183 g/mol. The molecule has 1 fully saturated rings. The first-order valence-corrected chi connectivity index (χ1v) is 4.73. The van der Waals surface area contributed by atoms with Gasteiger partial charge in [0.05, 0.1) is 13.0 Å². The van der Waals surface area contributed by atoms with Crippen molar-refractivity contribution in [2.45, 2.75) is 26.7 Å². The van der Waals surface area contributed by atoms with Crippen molar-refractivity contribution in [2.24, 2.45) is 17.8 Å². The molecule has 2 unspecified atom stereocenters. The van der Waals surface area contributed by atoms with Crippen LogP contribution in [0.2, 0.25) is 0 Å². The van der Waals surface area contributed by atoms with Crippen molar-refractivity contribution in [3.63, 3.8) is 0 Å². The van der Waals surface area contributed by atoms with Crippen LogP contribution < -0.4 is 0 Å². The highest BCUT2D eigenvalue weighted by atomic mass is 16.5. The first kappa shape index (κ1) is 10.2. The molecule has 2 atom stereocenters. The first-order valence-electron chi connectivity index (χ1n) is 4.73. The van der Waals surface area contributed by atoms with E-state index in [0.29, 0.717) is 17.5 Å². The summed E-state index contributed by atoms with van der Waals surface area (Å²) in [5, 5.41) is 7.66. The Hall–Kier alpha value is -0.860. The SMILES string of the molecule is COC(=O)C1C(=N)CCC1C(C)C. The standard InChI is InChI=1S/C10H17NO2/c1-6(2)7-4-5-8(11)9(7)10(12)13-3/h6-7,9,11H,4-5H2,1-3H3. The van der Waals surface area contributed by atoms with Gasteiger partial charge in [-0.15, -0.1) is 0 Å². The Labute approximate surface area is 79.0 Å². The van der Waals surface area contributed by atoms with Crippen LogP contribution in [0.5, 0.6) is 0 Å². The van der Waals surface area contributed by atoms with Crippen molar-refractivity contribution in [2.75, 3.05) is 7.11 Å². The van der Waals surface area contributed by atoms with E-state index in [0.717, 1.165) is 12.8 Å². The molecule has 1 aliphatic carbocycles. The Balaban J connectivity index is 2.77. The highest BCUT2D eigenvalue weighted by Gasteiger charge is 2.39. The van der Waals surface area contributed by atoms with Crippen LogP contribution in [0.4, 0.5) is 0 Å². The molecule has 0 radical (unpaired) electrons. The lowest BCUT2D eigenvalue weighted by atomic mass is 9.86. The van der Waals surface area contributed by atoms with Crippen molar-refractivity contribution >= 4 is 11.7 Å². The van der Waals surface area contributed by atoms with Crippen LogP contribution in [0.3, 0.4) is 0 Å². The molecule has 1 rings (SSSR count). The average Bonchev–Trinajstić information content (AvgIpc) is 2.46. The molecule has 0 aromatic heterocycles. The second-order valence-corrected chi connectivity index (χ2v) is 3.97. The normalized spacial score (nSPS) is 28.2. The molecule has 0 aromatic carbocycles. The van der Waals surface area contributed by atoms with E-state index in [1.54, 1.807) is 0 Å². The topological polar surface area (TPSA) is 50.2 Å². The van der Waals surface area contributed by atoms with Gasteiger partial charge in [0, 0.05) is 5.71 Å². The number of carbonyl (C=O) groups excluding carboxylic acids is 1. The molecular formula is C10H17NO2. The van der Waals surface area contributed by atoms with Gasteiger partial charge >= 0.3 is 5.97 Å². The second-order valence-electron chi connectivity index (χ2n) is 3.97. The Morgan fingerprint density at radius 3 is 2.69 bits per heavy atom. The molecule has 0 spiro atoms. The van der Waals surface area contributed by atoms with Gasteiger partial charge in [0.25, 0.3) is 0 Å². The van der Waals surface area contributed by atoms with E-state index in [9.17, 15) is 4.79 Å². The number of nitrogens with one attached hydrogen (secondary N) is 1. The van der Waals surface area contributed by atoms with Crippen LogP contribution in [0.1, 0.15) is 26.7 Å². The quantitative estimate of drug-likeness (QED) is 0.664. The number of ether oxygens (including phenoxy) is 1. The maximum absolute atomic E-state index is 11.4.